The van der Waals surface area contributed by atoms with Gasteiger partial charge in [-0.15, -0.1) is 0 Å². The normalized spacial score (nSPS) is 20.5. The van der Waals surface area contributed by atoms with Gasteiger partial charge < -0.3 is 10.6 Å². The van der Waals surface area contributed by atoms with Crippen LogP contribution >= 0.6 is 0 Å². The van der Waals surface area contributed by atoms with Crippen LogP contribution < -0.4 is 10.6 Å². The molecule has 2 N–H and O–H groups in total. The largest absolute Gasteiger partial charge is 0.433 e. The number of halogens is 7. The van der Waals surface area contributed by atoms with E-state index in [0.29, 0.717) is 0 Å². The molecule has 0 aliphatic heterocycles. The van der Waals surface area contributed by atoms with Crippen LogP contribution in [0.4, 0.5) is 42.6 Å². The summed E-state index contributed by atoms with van der Waals surface area (Å²) >= 11 is 0. The van der Waals surface area contributed by atoms with E-state index in [1.165, 1.54) is 11.0 Å². The molecule has 0 aromatic carbocycles. The molecule has 2 aliphatic rings. The van der Waals surface area contributed by atoms with Crippen LogP contribution in [-0.4, -0.2) is 44.9 Å². The Labute approximate surface area is 178 Å². The first-order valence-electron chi connectivity index (χ1n) is 9.86. The molecule has 2 aromatic heterocycles. The van der Waals surface area contributed by atoms with Gasteiger partial charge in [-0.05, 0) is 24.0 Å². The molecule has 2 aliphatic carbocycles. The van der Waals surface area contributed by atoms with Crippen LogP contribution in [0, 0.1) is 11.8 Å². The lowest BCUT2D eigenvalue weighted by Gasteiger charge is -2.42. The first kappa shape index (κ1) is 22.5. The summed E-state index contributed by atoms with van der Waals surface area (Å²) in [7, 11) is 0. The maximum Gasteiger partial charge on any atom is 0.433 e. The molecule has 0 spiro atoms. The molecule has 2 heterocycles. The number of hydrogen-bond acceptors (Lipinski definition) is 6. The average Bonchev–Trinajstić information content (AvgIpc) is 2.63. The summed E-state index contributed by atoms with van der Waals surface area (Å²) in [5, 5.41) is 0. The minimum atomic E-state index is -4.69. The molecular weight excluding hydrogens is 445 g/mol. The zero-order valence-corrected chi connectivity index (χ0v) is 16.6. The van der Waals surface area contributed by atoms with Crippen LogP contribution in [0.1, 0.15) is 31.4 Å². The molecule has 174 valence electrons. The first-order valence-corrected chi connectivity index (χ1v) is 9.86. The monoisotopic (exact) mass is 464 g/mol. The van der Waals surface area contributed by atoms with Gasteiger partial charge in [0.2, 0.25) is 23.7 Å². The second-order valence-corrected chi connectivity index (χ2v) is 8.39. The number of pyridine rings is 1. The summed E-state index contributed by atoms with van der Waals surface area (Å²) in [6, 6.07) is 3.18. The summed E-state index contributed by atoms with van der Waals surface area (Å²) in [5.41, 5.74) is 4.36. The zero-order valence-electron chi connectivity index (χ0n) is 16.6. The van der Waals surface area contributed by atoms with E-state index in [-0.39, 0.29) is 62.2 Å². The van der Waals surface area contributed by atoms with Crippen LogP contribution in [0.25, 0.3) is 11.5 Å². The summed E-state index contributed by atoms with van der Waals surface area (Å²) < 4.78 is 92.2. The molecule has 13 heteroatoms. The molecule has 0 radical (unpaired) electrons. The predicted molar refractivity (Wildman–Crippen MR) is 100 cm³/mol. The van der Waals surface area contributed by atoms with E-state index < -0.39 is 35.6 Å². The molecule has 0 bridgehead atoms. The molecular formula is C19H19F7N6. The van der Waals surface area contributed by atoms with Gasteiger partial charge in [0.05, 0.1) is 0 Å². The van der Waals surface area contributed by atoms with Gasteiger partial charge in [0, 0.05) is 38.8 Å². The predicted octanol–water partition coefficient (Wildman–Crippen LogP) is 4.43. The zero-order chi connectivity index (χ0) is 23.3. The molecule has 2 fully saturated rings. The van der Waals surface area contributed by atoms with E-state index in [1.807, 2.05) is 0 Å². The number of rotatable bonds is 6. The van der Waals surface area contributed by atoms with Gasteiger partial charge in [0.15, 0.2) is 5.82 Å². The van der Waals surface area contributed by atoms with E-state index in [0.717, 1.165) is 12.1 Å². The maximum absolute atomic E-state index is 13.3. The maximum atomic E-state index is 13.3. The van der Waals surface area contributed by atoms with Gasteiger partial charge >= 0.3 is 6.18 Å². The highest BCUT2D eigenvalue weighted by atomic mass is 19.4. The molecule has 0 unspecified atom stereocenters. The van der Waals surface area contributed by atoms with Crippen LogP contribution in [0.2, 0.25) is 0 Å². The molecule has 6 nitrogen and oxygen atoms in total. The van der Waals surface area contributed by atoms with Crippen molar-refractivity contribution in [2.24, 2.45) is 11.8 Å². The van der Waals surface area contributed by atoms with Crippen molar-refractivity contribution in [1.29, 1.82) is 0 Å². The van der Waals surface area contributed by atoms with Crippen molar-refractivity contribution >= 4 is 11.9 Å². The Kier molecular flexibility index (Phi) is 5.40. The number of nitrogens with two attached hydrogens (primary N) is 1. The number of nitrogens with zero attached hydrogens (tertiary/aromatic N) is 5. The Hall–Kier alpha value is -2.73. The minimum absolute atomic E-state index is 0.0721. The minimum Gasteiger partial charge on any atom is -0.368 e. The number of nitrogen functional groups attached to an aromatic ring is 1. The van der Waals surface area contributed by atoms with Gasteiger partial charge in [-0.3, -0.25) is 0 Å². The van der Waals surface area contributed by atoms with E-state index in [2.05, 4.69) is 19.9 Å². The van der Waals surface area contributed by atoms with Gasteiger partial charge in [-0.25, -0.2) is 22.5 Å². The third-order valence-corrected chi connectivity index (χ3v) is 5.50. The highest BCUT2D eigenvalue weighted by Crippen LogP contribution is 2.45. The van der Waals surface area contributed by atoms with Crippen LogP contribution in [0.3, 0.4) is 0 Å². The number of anilines is 2. The van der Waals surface area contributed by atoms with Crippen molar-refractivity contribution in [3.8, 4) is 11.5 Å². The molecule has 0 amide bonds. The highest BCUT2D eigenvalue weighted by Gasteiger charge is 2.48. The molecule has 4 rings (SSSR count). The number of hydrogen-bond donors (Lipinski definition) is 1. The summed E-state index contributed by atoms with van der Waals surface area (Å²) in [6.07, 6.45) is -6.10. The second-order valence-electron chi connectivity index (χ2n) is 8.39. The lowest BCUT2D eigenvalue weighted by Crippen LogP contribution is -2.47. The van der Waals surface area contributed by atoms with Gasteiger partial charge in [-0.1, -0.05) is 6.07 Å². The molecule has 32 heavy (non-hydrogen) atoms. The smallest absolute Gasteiger partial charge is 0.368 e. The van der Waals surface area contributed by atoms with Gasteiger partial charge in [0.25, 0.3) is 0 Å². The molecule has 2 aromatic rings. The van der Waals surface area contributed by atoms with E-state index in [1.54, 1.807) is 0 Å². The number of aromatic nitrogens is 4. The quantitative estimate of drug-likeness (QED) is 0.637. The van der Waals surface area contributed by atoms with Crippen molar-refractivity contribution < 1.29 is 30.7 Å². The standard InChI is InChI=1S/C19H19F7N6/c20-17(21)4-10(5-17)8-32(9-11-6-18(22,23)7-11)16-30-14(29-15(27)31-16)12-2-1-3-13(28-12)19(24,25)26/h1-3,10-11H,4-9H2,(H2,27,29,30,31). The van der Waals surface area contributed by atoms with Crippen molar-refractivity contribution in [3.63, 3.8) is 0 Å². The molecule has 0 atom stereocenters. The van der Waals surface area contributed by atoms with Crippen molar-refractivity contribution in [2.75, 3.05) is 23.7 Å². The molecule has 0 saturated heterocycles. The highest BCUT2D eigenvalue weighted by molar-refractivity contribution is 5.54. The van der Waals surface area contributed by atoms with E-state index in [4.69, 9.17) is 5.73 Å². The summed E-state index contributed by atoms with van der Waals surface area (Å²) in [4.78, 5) is 17.0. The lowest BCUT2D eigenvalue weighted by atomic mass is 9.79. The van der Waals surface area contributed by atoms with E-state index >= 15 is 0 Å². The van der Waals surface area contributed by atoms with Crippen molar-refractivity contribution in [1.82, 2.24) is 19.9 Å². The fourth-order valence-electron chi connectivity index (χ4n) is 4.04. The second kappa shape index (κ2) is 7.69. The Balaban J connectivity index is 1.61. The van der Waals surface area contributed by atoms with Crippen molar-refractivity contribution in [3.05, 3.63) is 23.9 Å². The first-order chi connectivity index (χ1) is 14.8. The fourth-order valence-corrected chi connectivity index (χ4v) is 4.04. The topological polar surface area (TPSA) is 80.8 Å². The van der Waals surface area contributed by atoms with E-state index in [9.17, 15) is 30.7 Å². The van der Waals surface area contributed by atoms with Gasteiger partial charge in [-0.2, -0.15) is 28.1 Å². The third-order valence-electron chi connectivity index (χ3n) is 5.50. The number of alkyl halides is 7. The SMILES string of the molecule is Nc1nc(-c2cccc(C(F)(F)F)n2)nc(N(CC2CC(F)(F)C2)CC2CC(F)(F)C2)n1. The Morgan fingerprint density at radius 3 is 1.94 bits per heavy atom. The summed E-state index contributed by atoms with van der Waals surface area (Å²) in [6.45, 7) is 0.160. The van der Waals surface area contributed by atoms with Gasteiger partial charge in [0.1, 0.15) is 11.4 Å². The molecule has 2 saturated carbocycles. The Morgan fingerprint density at radius 2 is 1.44 bits per heavy atom. The van der Waals surface area contributed by atoms with Crippen LogP contribution in [0.15, 0.2) is 18.2 Å². The Bertz CT molecular complexity index is 954. The van der Waals surface area contributed by atoms with Crippen molar-refractivity contribution in [2.45, 2.75) is 43.7 Å². The Morgan fingerprint density at radius 1 is 0.875 bits per heavy atom. The van der Waals surface area contributed by atoms with Crippen LogP contribution in [-0.2, 0) is 6.18 Å². The lowest BCUT2D eigenvalue weighted by molar-refractivity contribution is -0.141. The summed E-state index contributed by atoms with van der Waals surface area (Å²) in [5.74, 6) is -6.97. The average molecular weight is 464 g/mol. The van der Waals surface area contributed by atoms with Crippen LogP contribution in [0.5, 0.6) is 0 Å². The third kappa shape index (κ3) is 5.01. The fraction of sp³-hybridized carbons (Fsp3) is 0.579.